The largest absolute Gasteiger partial charge is 0.352 e. The van der Waals surface area contributed by atoms with Gasteiger partial charge in [-0.25, -0.2) is 4.98 Å². The maximum absolute atomic E-state index is 13.1. The Morgan fingerprint density at radius 2 is 1.62 bits per heavy atom. The average molecular weight is 427 g/mol. The van der Waals surface area contributed by atoms with Gasteiger partial charge in [0, 0.05) is 44.1 Å². The highest BCUT2D eigenvalue weighted by Gasteiger charge is 2.36. The zero-order valence-corrected chi connectivity index (χ0v) is 17.3. The van der Waals surface area contributed by atoms with Gasteiger partial charge in [0.15, 0.2) is 0 Å². The molecule has 160 valence electrons. The molecule has 1 fully saturated rings. The molecule has 3 heterocycles. The third-order valence-corrected chi connectivity index (χ3v) is 5.84. The van der Waals surface area contributed by atoms with Crippen LogP contribution in [-0.4, -0.2) is 63.7 Å². The molecule has 0 unspecified atom stereocenters. The van der Waals surface area contributed by atoms with E-state index in [-0.39, 0.29) is 29.8 Å². The number of aromatic nitrogens is 2. The Kier molecular flexibility index (Phi) is 5.10. The predicted molar refractivity (Wildman–Crippen MR) is 117 cm³/mol. The average Bonchev–Trinajstić information content (AvgIpc) is 3.09. The fourth-order valence-corrected chi connectivity index (χ4v) is 4.11. The molecule has 0 aliphatic carbocycles. The number of imide groups is 1. The van der Waals surface area contributed by atoms with Crippen LogP contribution in [0.3, 0.4) is 0 Å². The van der Waals surface area contributed by atoms with Crippen LogP contribution < -0.4 is 4.90 Å². The minimum Gasteiger partial charge on any atom is -0.352 e. The molecular formula is C24H21N5O3. The number of anilines is 1. The van der Waals surface area contributed by atoms with Gasteiger partial charge < -0.3 is 9.80 Å². The van der Waals surface area contributed by atoms with Crippen LogP contribution in [0.5, 0.6) is 0 Å². The Hall–Kier alpha value is -4.07. The molecule has 8 nitrogen and oxygen atoms in total. The number of hydrogen-bond acceptors (Lipinski definition) is 6. The zero-order chi connectivity index (χ0) is 22.1. The van der Waals surface area contributed by atoms with Gasteiger partial charge in [-0.2, -0.15) is 0 Å². The van der Waals surface area contributed by atoms with Crippen LogP contribution in [0.4, 0.5) is 5.82 Å². The van der Waals surface area contributed by atoms with Crippen molar-refractivity contribution in [3.05, 3.63) is 89.4 Å². The summed E-state index contributed by atoms with van der Waals surface area (Å²) in [6.45, 7) is 2.59. The fraction of sp³-hybridized carbons (Fsp3) is 0.208. The summed E-state index contributed by atoms with van der Waals surface area (Å²) >= 11 is 0. The molecule has 0 radical (unpaired) electrons. The first-order chi connectivity index (χ1) is 15.6. The molecule has 0 N–H and O–H groups in total. The van der Waals surface area contributed by atoms with Gasteiger partial charge in [-0.1, -0.05) is 30.3 Å². The van der Waals surface area contributed by atoms with Gasteiger partial charge in [-0.15, -0.1) is 0 Å². The Labute approximate surface area is 185 Å². The second-order valence-electron chi connectivity index (χ2n) is 7.79. The number of nitrogens with zero attached hydrogens (tertiary/aromatic N) is 5. The van der Waals surface area contributed by atoms with Gasteiger partial charge in [-0.3, -0.25) is 24.3 Å². The summed E-state index contributed by atoms with van der Waals surface area (Å²) in [5.74, 6) is -0.0467. The van der Waals surface area contributed by atoms with Gasteiger partial charge >= 0.3 is 0 Å². The standard InChI is InChI=1S/C24H21N5O3/c30-22(28-12-10-27(11-13-28)21-15-25-8-9-26-21)18-6-7-19-20(14-18)24(32)29(23(19)31)16-17-4-2-1-3-5-17/h1-9,14-15H,10-13,16H2. The van der Waals surface area contributed by atoms with E-state index < -0.39 is 0 Å². The van der Waals surface area contributed by atoms with Gasteiger partial charge in [-0.05, 0) is 23.8 Å². The molecule has 3 amide bonds. The number of rotatable bonds is 4. The van der Waals surface area contributed by atoms with Gasteiger partial charge in [0.2, 0.25) is 0 Å². The lowest BCUT2D eigenvalue weighted by atomic mass is 10.0. The topological polar surface area (TPSA) is 86.7 Å². The van der Waals surface area contributed by atoms with Gasteiger partial charge in [0.1, 0.15) is 5.82 Å². The van der Waals surface area contributed by atoms with Crippen LogP contribution in [-0.2, 0) is 6.54 Å². The van der Waals surface area contributed by atoms with Gasteiger partial charge in [0.05, 0.1) is 23.9 Å². The smallest absolute Gasteiger partial charge is 0.261 e. The molecule has 1 aromatic heterocycles. The molecule has 1 saturated heterocycles. The first kappa shape index (κ1) is 19.9. The lowest BCUT2D eigenvalue weighted by Crippen LogP contribution is -2.49. The Morgan fingerprint density at radius 3 is 2.34 bits per heavy atom. The van der Waals surface area contributed by atoms with E-state index in [1.165, 1.54) is 4.90 Å². The summed E-state index contributed by atoms with van der Waals surface area (Å²) in [4.78, 5) is 52.2. The van der Waals surface area contributed by atoms with Crippen molar-refractivity contribution in [3.63, 3.8) is 0 Å². The van der Waals surface area contributed by atoms with Crippen LogP contribution in [0.25, 0.3) is 0 Å². The predicted octanol–water partition coefficient (Wildman–Crippen LogP) is 2.24. The number of carbonyl (C=O) groups excluding carboxylic acids is 3. The summed E-state index contributed by atoms with van der Waals surface area (Å²) < 4.78 is 0. The maximum Gasteiger partial charge on any atom is 0.261 e. The van der Waals surface area contributed by atoms with Crippen LogP contribution in [0.15, 0.2) is 67.1 Å². The molecule has 0 atom stereocenters. The fourth-order valence-electron chi connectivity index (χ4n) is 4.11. The summed E-state index contributed by atoms with van der Waals surface area (Å²) in [6, 6.07) is 14.1. The first-order valence-electron chi connectivity index (χ1n) is 10.5. The zero-order valence-electron chi connectivity index (χ0n) is 17.3. The van der Waals surface area contributed by atoms with Crippen molar-refractivity contribution in [1.29, 1.82) is 0 Å². The normalized spacial score (nSPS) is 15.8. The van der Waals surface area contributed by atoms with E-state index in [4.69, 9.17) is 0 Å². The lowest BCUT2D eigenvalue weighted by molar-refractivity contribution is 0.0642. The van der Waals surface area contributed by atoms with Crippen LogP contribution in [0.2, 0.25) is 0 Å². The molecule has 0 bridgehead atoms. The third-order valence-electron chi connectivity index (χ3n) is 5.84. The Morgan fingerprint density at radius 1 is 0.875 bits per heavy atom. The number of hydrogen-bond donors (Lipinski definition) is 0. The van der Waals surface area contributed by atoms with E-state index in [0.29, 0.717) is 37.3 Å². The van der Waals surface area contributed by atoms with Crippen molar-refractivity contribution in [2.24, 2.45) is 0 Å². The minimum atomic E-state index is -0.365. The second kappa shape index (κ2) is 8.22. The minimum absolute atomic E-state index is 0.145. The van der Waals surface area contributed by atoms with Crippen molar-refractivity contribution in [3.8, 4) is 0 Å². The number of amides is 3. The van der Waals surface area contributed by atoms with Crippen molar-refractivity contribution in [1.82, 2.24) is 19.8 Å². The van der Waals surface area contributed by atoms with Crippen LogP contribution in [0.1, 0.15) is 36.6 Å². The highest BCUT2D eigenvalue weighted by molar-refractivity contribution is 6.22. The maximum atomic E-state index is 13.1. The SMILES string of the molecule is O=C(c1ccc2c(c1)C(=O)N(Cc1ccccc1)C2=O)N1CCN(c2cnccn2)CC1. The van der Waals surface area contributed by atoms with E-state index in [1.54, 1.807) is 41.7 Å². The van der Waals surface area contributed by atoms with Crippen molar-refractivity contribution < 1.29 is 14.4 Å². The highest BCUT2D eigenvalue weighted by atomic mass is 16.2. The molecule has 2 aromatic carbocycles. The Bertz CT molecular complexity index is 1170. The second-order valence-corrected chi connectivity index (χ2v) is 7.79. The molecule has 2 aliphatic heterocycles. The van der Waals surface area contributed by atoms with E-state index in [2.05, 4.69) is 14.9 Å². The summed E-state index contributed by atoms with van der Waals surface area (Å²) in [5, 5.41) is 0. The molecule has 32 heavy (non-hydrogen) atoms. The summed E-state index contributed by atoms with van der Waals surface area (Å²) in [5.41, 5.74) is 1.92. The Balaban J connectivity index is 1.29. The van der Waals surface area contributed by atoms with E-state index in [9.17, 15) is 14.4 Å². The highest BCUT2D eigenvalue weighted by Crippen LogP contribution is 2.26. The molecule has 5 rings (SSSR count). The first-order valence-corrected chi connectivity index (χ1v) is 10.5. The van der Waals surface area contributed by atoms with Crippen molar-refractivity contribution in [2.75, 3.05) is 31.1 Å². The van der Waals surface area contributed by atoms with Gasteiger partial charge in [0.25, 0.3) is 17.7 Å². The molecule has 0 spiro atoms. The van der Waals surface area contributed by atoms with Crippen LogP contribution >= 0.6 is 0 Å². The number of fused-ring (bicyclic) bond motifs is 1. The molecule has 2 aliphatic rings. The van der Waals surface area contributed by atoms with E-state index in [0.717, 1.165) is 11.4 Å². The third kappa shape index (κ3) is 3.60. The number of piperazine rings is 1. The summed E-state index contributed by atoms with van der Waals surface area (Å²) in [7, 11) is 0. The van der Waals surface area contributed by atoms with E-state index >= 15 is 0 Å². The molecular weight excluding hydrogens is 406 g/mol. The van der Waals surface area contributed by atoms with Crippen molar-refractivity contribution >= 4 is 23.5 Å². The number of carbonyl (C=O) groups is 3. The van der Waals surface area contributed by atoms with Crippen LogP contribution in [0, 0.1) is 0 Å². The quantitative estimate of drug-likeness (QED) is 0.594. The lowest BCUT2D eigenvalue weighted by Gasteiger charge is -2.35. The monoisotopic (exact) mass is 427 g/mol. The molecule has 3 aromatic rings. The van der Waals surface area contributed by atoms with E-state index in [1.807, 2.05) is 30.3 Å². The molecule has 0 saturated carbocycles. The number of benzene rings is 2. The van der Waals surface area contributed by atoms with Crippen molar-refractivity contribution in [2.45, 2.75) is 6.54 Å². The summed E-state index contributed by atoms with van der Waals surface area (Å²) in [6.07, 6.45) is 4.99. The molecule has 8 heteroatoms.